The Morgan fingerprint density at radius 3 is 2.20 bits per heavy atom. The molecule has 0 spiro atoms. The summed E-state index contributed by atoms with van der Waals surface area (Å²) in [4.78, 5) is 24.3. The molecule has 3 rings (SSSR count). The monoisotopic (exact) mass is 426 g/mol. The molecule has 0 aliphatic rings. The Bertz CT molecular complexity index is 1420. The summed E-state index contributed by atoms with van der Waals surface area (Å²) in [5, 5.41) is 7.56. The van der Waals surface area contributed by atoms with E-state index in [2.05, 4.69) is 21.1 Å². The highest BCUT2D eigenvalue weighted by molar-refractivity contribution is 7.85. The van der Waals surface area contributed by atoms with Gasteiger partial charge in [-0.3, -0.25) is 25.0 Å². The number of nitrogens with zero attached hydrogens (tertiary/aromatic N) is 2. The fourth-order valence-electron chi connectivity index (χ4n) is 2.62. The molecule has 154 valence electrons. The Hall–Kier alpha value is -3.63. The van der Waals surface area contributed by atoms with Crippen LogP contribution >= 0.6 is 0 Å². The summed E-state index contributed by atoms with van der Waals surface area (Å²) in [6, 6.07) is 13.2. The molecule has 0 atom stereocenters. The summed E-state index contributed by atoms with van der Waals surface area (Å²) in [6.45, 7) is 3.87. The topological polar surface area (TPSA) is 137 Å². The fraction of sp³-hybridized carbons (Fsp3) is 0.100. The largest absolute Gasteiger partial charge is 0.294 e. The van der Waals surface area contributed by atoms with Gasteiger partial charge in [-0.15, -0.1) is 0 Å². The number of benzene rings is 3. The molecule has 0 saturated carbocycles. The minimum atomic E-state index is -4.32. The van der Waals surface area contributed by atoms with Crippen LogP contribution in [0, 0.1) is 13.8 Å². The van der Waals surface area contributed by atoms with Gasteiger partial charge >= 0.3 is 0 Å². The smallest absolute Gasteiger partial charge is 0.287 e. The van der Waals surface area contributed by atoms with Gasteiger partial charge in [0.2, 0.25) is 10.9 Å². The van der Waals surface area contributed by atoms with E-state index in [4.69, 9.17) is 4.55 Å². The molecule has 0 aliphatic carbocycles. The lowest BCUT2D eigenvalue weighted by molar-refractivity contribution is 0.483. The predicted molar refractivity (Wildman–Crippen MR) is 112 cm³/mol. The highest BCUT2D eigenvalue weighted by atomic mass is 32.2. The van der Waals surface area contributed by atoms with Gasteiger partial charge in [0.15, 0.2) is 5.36 Å². The fourth-order valence-corrected chi connectivity index (χ4v) is 3.10. The number of nitrogens with one attached hydrogen (secondary N) is 2. The van der Waals surface area contributed by atoms with E-state index in [9.17, 15) is 18.0 Å². The van der Waals surface area contributed by atoms with Crippen molar-refractivity contribution in [1.29, 1.82) is 0 Å². The minimum Gasteiger partial charge on any atom is -0.287 e. The Kier molecular flexibility index (Phi) is 5.90. The van der Waals surface area contributed by atoms with Crippen molar-refractivity contribution in [3.8, 4) is 0 Å². The van der Waals surface area contributed by atoms with E-state index in [0.717, 1.165) is 28.9 Å². The van der Waals surface area contributed by atoms with Gasteiger partial charge in [-0.2, -0.15) is 18.6 Å². The second-order valence-corrected chi connectivity index (χ2v) is 7.95. The number of hydrogen-bond acceptors (Lipinski definition) is 8. The first-order chi connectivity index (χ1) is 14.1. The van der Waals surface area contributed by atoms with Crippen molar-refractivity contribution in [2.24, 2.45) is 10.2 Å². The van der Waals surface area contributed by atoms with Crippen LogP contribution in [0.15, 0.2) is 79.3 Å². The second-order valence-electron chi connectivity index (χ2n) is 6.53. The molecule has 0 amide bonds. The van der Waals surface area contributed by atoms with Crippen LogP contribution < -0.4 is 32.4 Å². The molecule has 0 bridgehead atoms. The van der Waals surface area contributed by atoms with Gasteiger partial charge in [-0.05, 0) is 61.9 Å². The molecule has 3 aromatic rings. The van der Waals surface area contributed by atoms with Crippen molar-refractivity contribution < 1.29 is 13.0 Å². The van der Waals surface area contributed by atoms with Gasteiger partial charge < -0.3 is 0 Å². The number of anilines is 2. The van der Waals surface area contributed by atoms with E-state index in [1.807, 2.05) is 32.0 Å². The third kappa shape index (κ3) is 4.85. The summed E-state index contributed by atoms with van der Waals surface area (Å²) in [5.74, 6) is 0. The lowest BCUT2D eigenvalue weighted by atomic mass is 10.1. The van der Waals surface area contributed by atoms with Gasteiger partial charge in [0, 0.05) is 0 Å². The average Bonchev–Trinajstić information content (AvgIpc) is 2.68. The third-order valence-corrected chi connectivity index (χ3v) is 5.07. The zero-order chi connectivity index (χ0) is 21.9. The minimum absolute atomic E-state index is 0.0110. The van der Waals surface area contributed by atoms with Gasteiger partial charge in [-0.25, -0.2) is 0 Å². The lowest BCUT2D eigenvalue weighted by Crippen LogP contribution is -2.47. The Morgan fingerprint density at radius 1 is 0.867 bits per heavy atom. The van der Waals surface area contributed by atoms with Crippen molar-refractivity contribution in [1.82, 2.24) is 0 Å². The maximum absolute atomic E-state index is 12.6. The Morgan fingerprint density at radius 2 is 1.57 bits per heavy atom. The molecule has 9 nitrogen and oxygen atoms in total. The molecule has 3 N–H and O–H groups in total. The number of rotatable bonds is 5. The standard InChI is InChI=1S/C20H18N4O5S/c1-12-3-8-16(13(2)11-12)22-23-17-9-10-18(25)19(20(17)26)24-21-14-4-6-15(7-5-14)30(27,28)29/h3-11,21-22H,1-2H3,(H,27,28,29)/b23-17+,24-19-. The molecule has 0 aromatic heterocycles. The van der Waals surface area contributed by atoms with Crippen LogP contribution in [0.2, 0.25) is 0 Å². The normalized spacial score (nSPS) is 12.8. The zero-order valence-electron chi connectivity index (χ0n) is 16.1. The van der Waals surface area contributed by atoms with E-state index in [-0.39, 0.29) is 15.6 Å². The molecule has 0 fully saturated rings. The Balaban J connectivity index is 1.92. The molecular weight excluding hydrogens is 408 g/mol. The van der Waals surface area contributed by atoms with Crippen LogP contribution in [-0.2, 0) is 10.1 Å². The van der Waals surface area contributed by atoms with Gasteiger partial charge in [-0.1, -0.05) is 17.7 Å². The van der Waals surface area contributed by atoms with Gasteiger partial charge in [0.05, 0.1) is 16.3 Å². The van der Waals surface area contributed by atoms with E-state index < -0.39 is 21.0 Å². The maximum atomic E-state index is 12.6. The van der Waals surface area contributed by atoms with Crippen molar-refractivity contribution in [2.45, 2.75) is 18.7 Å². The first kappa shape index (κ1) is 21.1. The highest BCUT2D eigenvalue weighted by Gasteiger charge is 2.08. The molecule has 30 heavy (non-hydrogen) atoms. The van der Waals surface area contributed by atoms with Crippen LogP contribution in [0.4, 0.5) is 11.4 Å². The average molecular weight is 426 g/mol. The summed E-state index contributed by atoms with van der Waals surface area (Å²) in [7, 11) is -4.32. The predicted octanol–water partition coefficient (Wildman–Crippen LogP) is 1.00. The third-order valence-electron chi connectivity index (χ3n) is 4.20. The number of aryl methyl sites for hydroxylation is 2. The van der Waals surface area contributed by atoms with Crippen molar-refractivity contribution in [2.75, 3.05) is 10.9 Å². The molecule has 3 aromatic carbocycles. The van der Waals surface area contributed by atoms with Gasteiger partial charge in [0.1, 0.15) is 5.36 Å². The van der Waals surface area contributed by atoms with Crippen molar-refractivity contribution >= 4 is 21.5 Å². The summed E-state index contributed by atoms with van der Waals surface area (Å²) in [6.07, 6.45) is 0. The molecular formula is C20H18N4O5S. The molecule has 0 unspecified atom stereocenters. The van der Waals surface area contributed by atoms with E-state index in [1.54, 1.807) is 0 Å². The zero-order valence-corrected chi connectivity index (χ0v) is 16.9. The molecule has 10 heteroatoms. The van der Waals surface area contributed by atoms with Crippen LogP contribution in [0.1, 0.15) is 11.1 Å². The molecule has 0 radical (unpaired) electrons. The Labute approximate surface area is 171 Å². The maximum Gasteiger partial charge on any atom is 0.294 e. The first-order valence-electron chi connectivity index (χ1n) is 8.74. The van der Waals surface area contributed by atoms with Gasteiger partial charge in [0.25, 0.3) is 10.1 Å². The first-order valence-corrected chi connectivity index (χ1v) is 10.2. The van der Waals surface area contributed by atoms with Crippen molar-refractivity contribution in [3.05, 3.63) is 96.9 Å². The molecule has 0 saturated heterocycles. The SMILES string of the molecule is Cc1ccc(N/N=c2\ccc(=O)/c(=N/Nc3ccc(S(=O)(=O)O)cc3)c2=O)c(C)c1. The van der Waals surface area contributed by atoms with Crippen LogP contribution in [0.25, 0.3) is 0 Å². The summed E-state index contributed by atoms with van der Waals surface area (Å²) >= 11 is 0. The summed E-state index contributed by atoms with van der Waals surface area (Å²) in [5.41, 5.74) is 7.17. The molecule has 0 aliphatic heterocycles. The quantitative estimate of drug-likeness (QED) is 0.409. The van der Waals surface area contributed by atoms with E-state index in [1.165, 1.54) is 24.3 Å². The van der Waals surface area contributed by atoms with Crippen molar-refractivity contribution in [3.63, 3.8) is 0 Å². The summed E-state index contributed by atoms with van der Waals surface area (Å²) < 4.78 is 31.1. The lowest BCUT2D eigenvalue weighted by Gasteiger charge is -2.05. The van der Waals surface area contributed by atoms with E-state index >= 15 is 0 Å². The van der Waals surface area contributed by atoms with Crippen LogP contribution in [-0.4, -0.2) is 13.0 Å². The van der Waals surface area contributed by atoms with Crippen LogP contribution in [0.3, 0.4) is 0 Å². The van der Waals surface area contributed by atoms with Crippen LogP contribution in [0.5, 0.6) is 0 Å². The van der Waals surface area contributed by atoms with E-state index in [0.29, 0.717) is 5.69 Å². The molecule has 0 heterocycles. The second kappa shape index (κ2) is 8.39. The highest BCUT2D eigenvalue weighted by Crippen LogP contribution is 2.15. The number of hydrogen-bond donors (Lipinski definition) is 3.